The molecule has 0 aromatic heterocycles. The normalized spacial score (nSPS) is 4.76. The van der Waals surface area contributed by atoms with Crippen LogP contribution in [0.5, 0.6) is 0 Å². The molecule has 0 unspecified atom stereocenters. The minimum Gasteiger partial charge on any atom is -2.00 e. The van der Waals surface area contributed by atoms with Gasteiger partial charge in [-0.15, -0.1) is 0 Å². The van der Waals surface area contributed by atoms with Crippen LogP contribution in [-0.2, 0) is 101 Å². The zero-order valence-corrected chi connectivity index (χ0v) is 68.5. The van der Waals surface area contributed by atoms with E-state index >= 15 is 0 Å². The number of carbonyl (C=O) groups is 12. The summed E-state index contributed by atoms with van der Waals surface area (Å²) in [7, 11) is 0. The van der Waals surface area contributed by atoms with Gasteiger partial charge in [0.15, 0.2) is 0 Å². The van der Waals surface area contributed by atoms with Gasteiger partial charge in [0.1, 0.15) is 0 Å². The maximum atomic E-state index is 8.89. The minimum absolute atomic E-state index is 0. The summed E-state index contributed by atoms with van der Waals surface area (Å²) in [5, 5.41) is 107. The Kier molecular flexibility index (Phi) is 509. The second-order valence-electron chi connectivity index (χ2n) is 5.90. The maximum absolute atomic E-state index is 8.89. The fourth-order valence-electron chi connectivity index (χ4n) is 0. The molecule has 0 aromatic rings. The van der Waals surface area contributed by atoms with Crippen LogP contribution < -0.4 is 199 Å². The average Bonchev–Trinajstić information content (AvgIpc) is 2.61. The molecule has 0 radical (unpaired) electrons. The Labute approximate surface area is 611 Å². The fourth-order valence-corrected chi connectivity index (χ4v) is 0. The van der Waals surface area contributed by atoms with Crippen molar-refractivity contribution in [3.63, 3.8) is 0 Å². The molecule has 0 heterocycles. The van der Waals surface area contributed by atoms with Crippen LogP contribution in [0.3, 0.4) is 0 Å². The van der Waals surface area contributed by atoms with Crippen LogP contribution in [0.2, 0.25) is 0 Å². The Morgan fingerprint density at radius 1 is 0.190 bits per heavy atom. The third-order valence-corrected chi connectivity index (χ3v) is 0. The van der Waals surface area contributed by atoms with Crippen molar-refractivity contribution in [2.24, 2.45) is 0 Å². The van der Waals surface area contributed by atoms with Crippen LogP contribution in [0, 0.1) is 124 Å². The van der Waals surface area contributed by atoms with E-state index in [1.165, 1.54) is 0 Å². The number of aliphatic carboxylic acids is 12. The molecule has 39 heteroatoms. The van der Waals surface area contributed by atoms with Gasteiger partial charge in [-0.1, -0.05) is 0 Å². The van der Waals surface area contributed by atoms with Crippen molar-refractivity contribution in [2.45, 2.75) is 83.1 Å². The number of hydrogen-bond acceptors (Lipinski definition) is 24. The van der Waals surface area contributed by atoms with Crippen molar-refractivity contribution in [1.29, 1.82) is 0 Å². The van der Waals surface area contributed by atoms with Gasteiger partial charge in [-0.3, -0.25) is 0 Å². The first-order chi connectivity index (χ1) is 20.8. The quantitative estimate of drug-likeness (QED) is 0.203. The summed E-state index contributed by atoms with van der Waals surface area (Å²) in [5.41, 5.74) is 0. The second-order valence-corrected chi connectivity index (χ2v) is 5.90. The van der Waals surface area contributed by atoms with Gasteiger partial charge >= 0.3 is 183 Å². The van der Waals surface area contributed by atoms with Gasteiger partial charge in [0.05, 0.1) is 0 Å². The Morgan fingerprint density at radius 2 is 0.190 bits per heavy atom. The van der Waals surface area contributed by atoms with Crippen molar-refractivity contribution >= 4 is 117 Å². The number of carboxylic acids is 12. The molecular formula is C24H36Cs2O32SrU4-24. The van der Waals surface area contributed by atoms with Gasteiger partial charge in [0, 0.05) is 196 Å². The van der Waals surface area contributed by atoms with Gasteiger partial charge in [0.25, 0.3) is 0 Å². The monoisotopic (exact) mass is 2140 g/mol. The summed E-state index contributed by atoms with van der Waals surface area (Å²) < 4.78 is 0. The van der Waals surface area contributed by atoms with E-state index in [0.29, 0.717) is 0 Å². The van der Waals surface area contributed by atoms with E-state index < -0.39 is 71.6 Å². The summed E-state index contributed by atoms with van der Waals surface area (Å²) in [4.78, 5) is 107. The predicted octanol–water partition coefficient (Wildman–Crippen LogP) is -22.2. The standard InChI is InChI=1S/12C2H4O2.2Cs.8O.Sr.4U/c12*1-2(3)4;;;;;;;;;;;;;;;/h12*1H3,(H,3,4);;;;;;;;;;;;;;;/q;;;;;;;;;;;;2*+1;8*-2;+2;;;;/p-12. The van der Waals surface area contributed by atoms with Crippen molar-refractivity contribution in [2.75, 3.05) is 0 Å². The Hall–Kier alpha value is 3.11. The van der Waals surface area contributed by atoms with Crippen LogP contribution in [-0.4, -0.2) is 117 Å². The SMILES string of the molecule is CC(=O)[O-].CC(=O)[O-].CC(=O)[O-].CC(=O)[O-].CC(=O)[O-].CC(=O)[O-].CC(=O)[O-].CC(=O)[O-].CC(=O)[O-].CC(=O)[O-].CC(=O)[O-].CC(=O)[O-].[Cs+].[Cs+].[O-2].[O-2].[O-2].[O-2].[O-2].[O-2].[O-2].[O-2].[Sr+2].[U].[U].[U].[U]. The van der Waals surface area contributed by atoms with Crippen LogP contribution in [0.1, 0.15) is 83.1 Å². The fraction of sp³-hybridized carbons (Fsp3) is 0.500. The molecule has 0 aliphatic carbocycles. The third kappa shape index (κ3) is 26800. The Bertz CT molecular complexity index is 631. The second kappa shape index (κ2) is 175. The number of carbonyl (C=O) groups excluding carboxylic acids is 12. The van der Waals surface area contributed by atoms with Gasteiger partial charge in [-0.2, -0.15) is 0 Å². The molecule has 0 aromatic carbocycles. The molecule has 32 nitrogen and oxygen atoms in total. The molecule has 0 fully saturated rings. The molecule has 0 aliphatic rings. The molecule has 0 rings (SSSR count). The van der Waals surface area contributed by atoms with Gasteiger partial charge in [-0.25, -0.2) is 0 Å². The molecule has 0 N–H and O–H groups in total. The first-order valence-electron chi connectivity index (χ1n) is 10.9. The maximum Gasteiger partial charge on any atom is 2.00 e. The van der Waals surface area contributed by atoms with Gasteiger partial charge < -0.3 is 163 Å². The summed E-state index contributed by atoms with van der Waals surface area (Å²) in [6.45, 7) is 11.7. The van der Waals surface area contributed by atoms with Gasteiger partial charge in [0.2, 0.25) is 0 Å². The first-order valence-corrected chi connectivity index (χ1v) is 10.9. The number of carboxylic acid groups (broad SMARTS) is 12. The third-order valence-electron chi connectivity index (χ3n) is 0. The molecule has 0 saturated carbocycles. The van der Waals surface area contributed by atoms with E-state index in [2.05, 4.69) is 0 Å². The first kappa shape index (κ1) is 183. The number of rotatable bonds is 0. The number of hydrogen-bond donors (Lipinski definition) is 0. The van der Waals surface area contributed by atoms with E-state index in [1.54, 1.807) is 0 Å². The molecular weight excluding hydrogens is 2110 g/mol. The molecule has 368 valence electrons. The summed E-state index contributed by atoms with van der Waals surface area (Å²) in [6.07, 6.45) is 0. The summed E-state index contributed by atoms with van der Waals surface area (Å²) >= 11 is 0. The topological polar surface area (TPSA) is 710 Å². The van der Waals surface area contributed by atoms with E-state index in [-0.39, 0.29) is 352 Å². The van der Waals surface area contributed by atoms with Gasteiger partial charge in [-0.05, 0) is 83.1 Å². The largest absolute Gasteiger partial charge is 2.00 e. The smallest absolute Gasteiger partial charge is 2.00 e. The molecule has 63 heavy (non-hydrogen) atoms. The Balaban J connectivity index is -0.00000000879. The van der Waals surface area contributed by atoms with Crippen molar-refractivity contribution in [3.05, 3.63) is 0 Å². The molecule has 0 spiro atoms. The zero-order valence-electron chi connectivity index (χ0n) is 35.8. The van der Waals surface area contributed by atoms with E-state index in [1.807, 2.05) is 0 Å². The van der Waals surface area contributed by atoms with E-state index in [9.17, 15) is 0 Å². The summed E-state index contributed by atoms with van der Waals surface area (Å²) in [6, 6.07) is 0. The van der Waals surface area contributed by atoms with E-state index in [4.69, 9.17) is 119 Å². The Morgan fingerprint density at radius 3 is 0.190 bits per heavy atom. The van der Waals surface area contributed by atoms with Crippen LogP contribution >= 0.6 is 0 Å². The van der Waals surface area contributed by atoms with Crippen molar-refractivity contribution < 1.29 is 425 Å². The van der Waals surface area contributed by atoms with Crippen LogP contribution in [0.15, 0.2) is 0 Å². The van der Waals surface area contributed by atoms with Crippen molar-refractivity contribution in [1.82, 2.24) is 0 Å². The molecule has 0 saturated heterocycles. The average molecular weight is 2140 g/mol. The molecule has 0 amide bonds. The molecule has 0 bridgehead atoms. The van der Waals surface area contributed by atoms with Crippen molar-refractivity contribution in [3.8, 4) is 0 Å². The minimum atomic E-state index is -1.08. The van der Waals surface area contributed by atoms with Crippen LogP contribution in [0.4, 0.5) is 0 Å². The molecule has 0 atom stereocenters. The summed E-state index contributed by atoms with van der Waals surface area (Å²) in [5.74, 6) is -13.0. The molecule has 0 aliphatic heterocycles. The van der Waals surface area contributed by atoms with E-state index in [0.717, 1.165) is 83.1 Å². The predicted molar refractivity (Wildman–Crippen MR) is 139 cm³/mol. The van der Waals surface area contributed by atoms with Crippen LogP contribution in [0.25, 0.3) is 0 Å². The zero-order chi connectivity index (χ0) is 42.9.